The third-order valence-electron chi connectivity index (χ3n) is 6.07. The van der Waals surface area contributed by atoms with Crippen molar-refractivity contribution in [1.29, 1.82) is 0 Å². The molecule has 0 spiro atoms. The van der Waals surface area contributed by atoms with Crippen LogP contribution in [-0.2, 0) is 14.2 Å². The fourth-order valence-electron chi connectivity index (χ4n) is 4.14. The van der Waals surface area contributed by atoms with Gasteiger partial charge in [-0.05, 0) is 25.5 Å². The summed E-state index contributed by atoms with van der Waals surface area (Å²) in [5.41, 5.74) is -1.38. The topological polar surface area (TPSA) is 189 Å². The molecule has 0 aliphatic carbocycles. The molecule has 6 N–H and O–H groups in total. The predicted octanol–water partition coefficient (Wildman–Crippen LogP) is -1.95. The average Bonchev–Trinajstić information content (AvgIpc) is 3.06. The lowest BCUT2D eigenvalue weighted by molar-refractivity contribution is -0.318. The molecule has 3 heterocycles. The Kier molecular flexibility index (Phi) is 6.97. The summed E-state index contributed by atoms with van der Waals surface area (Å²) in [4.78, 5) is 12.3. The molecular weight excluding hydrogens is 456 g/mol. The molecule has 12 heteroatoms. The first-order valence-corrected chi connectivity index (χ1v) is 10.7. The van der Waals surface area contributed by atoms with Crippen molar-refractivity contribution >= 4 is 11.0 Å². The highest BCUT2D eigenvalue weighted by molar-refractivity contribution is 5.81. The fraction of sp³-hybridized carbons (Fsp3) is 0.591. The molecule has 8 atom stereocenters. The molecule has 1 aromatic heterocycles. The van der Waals surface area contributed by atoms with Crippen molar-refractivity contribution in [3.05, 3.63) is 39.7 Å². The number of aliphatic hydroxyl groups excluding tert-OH is 5. The molecule has 0 saturated carbocycles. The summed E-state index contributed by atoms with van der Waals surface area (Å²) in [7, 11) is 0. The highest BCUT2D eigenvalue weighted by Crippen LogP contribution is 2.33. The molecule has 0 radical (unpaired) electrons. The Morgan fingerprint density at radius 3 is 2.47 bits per heavy atom. The van der Waals surface area contributed by atoms with E-state index in [9.17, 15) is 35.4 Å². The second-order valence-electron chi connectivity index (χ2n) is 8.65. The summed E-state index contributed by atoms with van der Waals surface area (Å²) in [5, 5.41) is 60.7. The van der Waals surface area contributed by atoms with Crippen LogP contribution in [-0.4, -0.2) is 99.2 Å². The van der Waals surface area contributed by atoms with E-state index < -0.39 is 68.5 Å². The molecule has 2 saturated heterocycles. The van der Waals surface area contributed by atoms with Crippen LogP contribution in [0.2, 0.25) is 0 Å². The number of benzene rings is 1. The van der Waals surface area contributed by atoms with Gasteiger partial charge in [0.2, 0.25) is 6.29 Å². The van der Waals surface area contributed by atoms with Crippen LogP contribution in [0.25, 0.3) is 11.0 Å². The molecule has 2 aliphatic heterocycles. The molecule has 2 aliphatic rings. The highest BCUT2D eigenvalue weighted by Gasteiger charge is 2.53. The summed E-state index contributed by atoms with van der Waals surface area (Å²) in [6, 6.07) is 4.37. The van der Waals surface area contributed by atoms with Crippen molar-refractivity contribution in [3.63, 3.8) is 0 Å². The lowest BCUT2D eigenvalue weighted by atomic mass is 9.98. The minimum atomic E-state index is -1.97. The van der Waals surface area contributed by atoms with Crippen LogP contribution in [0.4, 0.5) is 0 Å². The van der Waals surface area contributed by atoms with Crippen LogP contribution in [0.1, 0.15) is 11.3 Å². The van der Waals surface area contributed by atoms with E-state index in [0.717, 1.165) is 0 Å². The van der Waals surface area contributed by atoms with E-state index in [0.29, 0.717) is 16.7 Å². The molecule has 12 nitrogen and oxygen atoms in total. The summed E-state index contributed by atoms with van der Waals surface area (Å²) < 4.78 is 28.0. The number of rotatable bonds is 6. The predicted molar refractivity (Wildman–Crippen MR) is 113 cm³/mol. The fourth-order valence-corrected chi connectivity index (χ4v) is 4.14. The van der Waals surface area contributed by atoms with Gasteiger partial charge in [0.15, 0.2) is 17.8 Å². The monoisotopic (exact) mass is 484 g/mol. The Bertz CT molecular complexity index is 1090. The first-order chi connectivity index (χ1) is 16.1. The number of hydrogen-bond donors (Lipinski definition) is 6. The third kappa shape index (κ3) is 4.44. The van der Waals surface area contributed by atoms with E-state index in [1.165, 1.54) is 12.1 Å². The Hall–Kier alpha value is -2.13. The Morgan fingerprint density at radius 1 is 1.09 bits per heavy atom. The van der Waals surface area contributed by atoms with Crippen LogP contribution in [0.15, 0.2) is 27.4 Å². The standard InChI is InChI=1S/C22H28O12/c1-9-3-11(5-13-15(9)12(25)4-10(2)31-13)32-20-18(17(27)16(26)14(6-23)33-20)34-21-19(28)22(29,7-24)8-30-21/h3-5,14,16-21,23-24,26-29H,6-8H2,1-2H3/t14-,16-,17+,18-,19+,20-,21+,22-/m1/s1. The molecule has 2 fully saturated rings. The van der Waals surface area contributed by atoms with Crippen molar-refractivity contribution in [2.24, 2.45) is 0 Å². The first kappa shape index (κ1) is 25.0. The van der Waals surface area contributed by atoms with Gasteiger partial charge in [-0.25, -0.2) is 0 Å². The lowest BCUT2D eigenvalue weighted by Gasteiger charge is -2.42. The summed E-state index contributed by atoms with van der Waals surface area (Å²) in [5.74, 6) is 0.573. The molecule has 0 amide bonds. The molecule has 4 rings (SSSR count). The minimum absolute atomic E-state index is 0.178. The second-order valence-corrected chi connectivity index (χ2v) is 8.65. The average molecular weight is 484 g/mol. The maximum absolute atomic E-state index is 12.3. The van der Waals surface area contributed by atoms with E-state index in [4.69, 9.17) is 23.4 Å². The lowest BCUT2D eigenvalue weighted by Crippen LogP contribution is -2.62. The zero-order valence-electron chi connectivity index (χ0n) is 18.5. The van der Waals surface area contributed by atoms with E-state index >= 15 is 0 Å². The molecule has 0 unspecified atom stereocenters. The van der Waals surface area contributed by atoms with Gasteiger partial charge in [-0.3, -0.25) is 4.79 Å². The molecular formula is C22H28O12. The zero-order chi connectivity index (χ0) is 24.8. The van der Waals surface area contributed by atoms with Crippen LogP contribution in [0.3, 0.4) is 0 Å². The molecule has 1 aromatic carbocycles. The van der Waals surface area contributed by atoms with E-state index in [-0.39, 0.29) is 16.8 Å². The van der Waals surface area contributed by atoms with Gasteiger partial charge in [-0.1, -0.05) is 0 Å². The van der Waals surface area contributed by atoms with Gasteiger partial charge in [-0.2, -0.15) is 0 Å². The molecule has 0 bridgehead atoms. The van der Waals surface area contributed by atoms with Gasteiger partial charge in [0.05, 0.1) is 25.2 Å². The summed E-state index contributed by atoms with van der Waals surface area (Å²) in [6.07, 6.45) is -10.4. The molecule has 188 valence electrons. The Balaban J connectivity index is 1.64. The molecule has 34 heavy (non-hydrogen) atoms. The summed E-state index contributed by atoms with van der Waals surface area (Å²) >= 11 is 0. The number of hydrogen-bond acceptors (Lipinski definition) is 12. The second kappa shape index (κ2) is 9.49. The van der Waals surface area contributed by atoms with Gasteiger partial charge >= 0.3 is 0 Å². The maximum atomic E-state index is 12.3. The van der Waals surface area contributed by atoms with Crippen LogP contribution in [0.5, 0.6) is 5.75 Å². The number of aryl methyl sites for hydroxylation is 2. The van der Waals surface area contributed by atoms with Gasteiger partial charge in [0.1, 0.15) is 47.1 Å². The highest BCUT2D eigenvalue weighted by atomic mass is 16.8. The van der Waals surface area contributed by atoms with E-state index in [1.54, 1.807) is 19.9 Å². The van der Waals surface area contributed by atoms with Crippen molar-refractivity contribution in [2.75, 3.05) is 19.8 Å². The quantitative estimate of drug-likeness (QED) is 0.266. The number of fused-ring (bicyclic) bond motifs is 1. The van der Waals surface area contributed by atoms with Gasteiger partial charge < -0.3 is 54.0 Å². The van der Waals surface area contributed by atoms with Crippen molar-refractivity contribution in [3.8, 4) is 5.75 Å². The van der Waals surface area contributed by atoms with E-state index in [2.05, 4.69) is 0 Å². The van der Waals surface area contributed by atoms with Crippen molar-refractivity contribution in [1.82, 2.24) is 0 Å². The zero-order valence-corrected chi connectivity index (χ0v) is 18.5. The Morgan fingerprint density at radius 2 is 1.82 bits per heavy atom. The van der Waals surface area contributed by atoms with Gasteiger partial charge in [0, 0.05) is 12.1 Å². The van der Waals surface area contributed by atoms with Crippen molar-refractivity contribution in [2.45, 2.75) is 62.5 Å². The van der Waals surface area contributed by atoms with E-state index in [1.807, 2.05) is 0 Å². The molecule has 2 aromatic rings. The van der Waals surface area contributed by atoms with Crippen LogP contribution < -0.4 is 10.2 Å². The maximum Gasteiger partial charge on any atom is 0.229 e. The SMILES string of the molecule is Cc1cc(=O)c2c(C)cc(O[C@@H]3O[C@H](CO)[C@@H](O)[C@H](O)[C@H]3O[C@@H]3OC[C@](O)(CO)[C@H]3O)cc2o1. The van der Waals surface area contributed by atoms with Gasteiger partial charge in [0.25, 0.3) is 0 Å². The minimum Gasteiger partial charge on any atom is -0.462 e. The van der Waals surface area contributed by atoms with Crippen LogP contribution >= 0.6 is 0 Å². The van der Waals surface area contributed by atoms with Gasteiger partial charge in [-0.15, -0.1) is 0 Å². The normalized spacial score (nSPS) is 36.2. The third-order valence-corrected chi connectivity index (χ3v) is 6.07. The van der Waals surface area contributed by atoms with Crippen molar-refractivity contribution < 1.29 is 54.0 Å². The Labute approximate surface area is 193 Å². The summed E-state index contributed by atoms with van der Waals surface area (Å²) in [6.45, 7) is 1.44. The smallest absolute Gasteiger partial charge is 0.229 e. The number of ether oxygens (including phenoxy) is 4. The van der Waals surface area contributed by atoms with Crippen LogP contribution in [0, 0.1) is 13.8 Å². The largest absolute Gasteiger partial charge is 0.462 e. The first-order valence-electron chi connectivity index (χ1n) is 10.7. The number of aliphatic hydroxyl groups is 6.